The van der Waals surface area contributed by atoms with Crippen LogP contribution in [0.3, 0.4) is 0 Å². The summed E-state index contributed by atoms with van der Waals surface area (Å²) in [5, 5.41) is 2.90. The predicted octanol–water partition coefficient (Wildman–Crippen LogP) is 4.57. The van der Waals surface area contributed by atoms with Crippen LogP contribution in [0.2, 0.25) is 0 Å². The third-order valence-electron chi connectivity index (χ3n) is 3.99. The molecule has 0 saturated carbocycles. The lowest BCUT2D eigenvalue weighted by Crippen LogP contribution is -2.16. The van der Waals surface area contributed by atoms with Crippen molar-refractivity contribution in [2.24, 2.45) is 0 Å². The van der Waals surface area contributed by atoms with Gasteiger partial charge in [0.2, 0.25) is 0 Å². The van der Waals surface area contributed by atoms with Crippen LogP contribution in [0, 0.1) is 6.92 Å². The molecule has 2 aromatic carbocycles. The van der Waals surface area contributed by atoms with E-state index in [2.05, 4.69) is 21.2 Å². The van der Waals surface area contributed by atoms with Gasteiger partial charge in [-0.15, -0.1) is 0 Å². The number of hydrogen-bond donors (Lipinski definition) is 1. The molecule has 1 amide bonds. The number of halogens is 1. The highest BCUT2D eigenvalue weighted by atomic mass is 79.9. The van der Waals surface area contributed by atoms with Crippen molar-refractivity contribution in [2.75, 3.05) is 18.5 Å². The number of anilines is 1. The van der Waals surface area contributed by atoms with Gasteiger partial charge in [-0.05, 0) is 67.8 Å². The van der Waals surface area contributed by atoms with Crippen LogP contribution in [0.15, 0.2) is 46.9 Å². The zero-order valence-electron chi connectivity index (χ0n) is 13.5. The van der Waals surface area contributed by atoms with E-state index >= 15 is 0 Å². The quantitative estimate of drug-likeness (QED) is 0.814. The highest BCUT2D eigenvalue weighted by Gasteiger charge is 2.16. The van der Waals surface area contributed by atoms with E-state index in [9.17, 15) is 4.79 Å². The zero-order chi connectivity index (χ0) is 16.9. The Balaban J connectivity index is 1.57. The predicted molar refractivity (Wildman–Crippen MR) is 97.7 cm³/mol. The van der Waals surface area contributed by atoms with E-state index in [4.69, 9.17) is 9.47 Å². The van der Waals surface area contributed by atoms with Gasteiger partial charge in [0.15, 0.2) is 0 Å². The summed E-state index contributed by atoms with van der Waals surface area (Å²) >= 11 is 3.45. The third-order valence-corrected chi connectivity index (χ3v) is 4.88. The Morgan fingerprint density at radius 2 is 2.08 bits per heavy atom. The molecule has 1 atom stereocenters. The van der Waals surface area contributed by atoms with E-state index in [-0.39, 0.29) is 12.0 Å². The molecular weight excluding hydrogens is 370 g/mol. The van der Waals surface area contributed by atoms with Crippen LogP contribution in [0.5, 0.6) is 5.75 Å². The second-order valence-electron chi connectivity index (χ2n) is 5.89. The number of aryl methyl sites for hydroxylation is 1. The van der Waals surface area contributed by atoms with Gasteiger partial charge in [0.1, 0.15) is 12.4 Å². The minimum absolute atomic E-state index is 0.137. The molecule has 0 spiro atoms. The van der Waals surface area contributed by atoms with Gasteiger partial charge in [-0.25, -0.2) is 0 Å². The Bertz CT molecular complexity index is 709. The van der Waals surface area contributed by atoms with E-state index in [0.717, 1.165) is 40.9 Å². The van der Waals surface area contributed by atoms with Gasteiger partial charge < -0.3 is 14.8 Å². The van der Waals surface area contributed by atoms with Gasteiger partial charge in [-0.2, -0.15) is 0 Å². The van der Waals surface area contributed by atoms with Crippen molar-refractivity contribution in [1.29, 1.82) is 0 Å². The normalized spacial score (nSPS) is 16.8. The van der Waals surface area contributed by atoms with Crippen LogP contribution in [0.25, 0.3) is 0 Å². The minimum Gasteiger partial charge on any atom is -0.491 e. The van der Waals surface area contributed by atoms with Gasteiger partial charge >= 0.3 is 0 Å². The first-order valence-electron chi connectivity index (χ1n) is 8.04. The first-order chi connectivity index (χ1) is 11.6. The van der Waals surface area contributed by atoms with E-state index in [1.165, 1.54) is 0 Å². The molecule has 0 aliphatic carbocycles. The van der Waals surface area contributed by atoms with Crippen molar-refractivity contribution in [3.8, 4) is 5.75 Å². The Hall–Kier alpha value is -1.85. The second kappa shape index (κ2) is 7.81. The molecule has 1 unspecified atom stereocenters. The molecule has 1 N–H and O–H groups in total. The van der Waals surface area contributed by atoms with Crippen molar-refractivity contribution >= 4 is 27.5 Å². The number of nitrogens with one attached hydrogen (secondary N) is 1. The maximum atomic E-state index is 12.3. The zero-order valence-corrected chi connectivity index (χ0v) is 15.1. The molecule has 1 fully saturated rings. The summed E-state index contributed by atoms with van der Waals surface area (Å²) in [7, 11) is 0. The van der Waals surface area contributed by atoms with Crippen molar-refractivity contribution in [3.05, 3.63) is 58.1 Å². The fraction of sp³-hybridized carbons (Fsp3) is 0.316. The Kier molecular flexibility index (Phi) is 5.53. The molecular formula is C19H20BrNO3. The molecule has 1 aliphatic rings. The number of benzene rings is 2. The van der Waals surface area contributed by atoms with Gasteiger partial charge in [0, 0.05) is 22.3 Å². The summed E-state index contributed by atoms with van der Waals surface area (Å²) in [6.45, 7) is 3.37. The monoisotopic (exact) mass is 389 g/mol. The van der Waals surface area contributed by atoms with Crippen LogP contribution in [-0.4, -0.2) is 25.2 Å². The van der Waals surface area contributed by atoms with Gasteiger partial charge in [0.05, 0.1) is 6.10 Å². The summed E-state index contributed by atoms with van der Waals surface area (Å²) < 4.78 is 12.3. The largest absolute Gasteiger partial charge is 0.491 e. The van der Waals surface area contributed by atoms with Crippen LogP contribution < -0.4 is 10.1 Å². The lowest BCUT2D eigenvalue weighted by molar-refractivity contribution is 0.0679. The Morgan fingerprint density at radius 3 is 2.75 bits per heavy atom. The standard InChI is InChI=1S/C19H20BrNO3/c1-13-11-15(6-9-18(13)20)21-19(22)14-4-7-16(8-5-14)24-12-17-3-2-10-23-17/h4-9,11,17H,2-3,10,12H2,1H3,(H,21,22). The van der Waals surface area contributed by atoms with Crippen LogP contribution >= 0.6 is 15.9 Å². The number of carbonyl (C=O) groups excluding carboxylic acids is 1. The molecule has 1 saturated heterocycles. The topological polar surface area (TPSA) is 47.6 Å². The summed E-state index contributed by atoms with van der Waals surface area (Å²) in [5.74, 6) is 0.615. The number of rotatable bonds is 5. The number of carbonyl (C=O) groups is 1. The van der Waals surface area contributed by atoms with E-state index in [1.54, 1.807) is 12.1 Å². The first-order valence-corrected chi connectivity index (χ1v) is 8.83. The highest BCUT2D eigenvalue weighted by molar-refractivity contribution is 9.10. The van der Waals surface area contributed by atoms with Gasteiger partial charge in [-0.1, -0.05) is 15.9 Å². The maximum Gasteiger partial charge on any atom is 0.255 e. The van der Waals surface area contributed by atoms with Gasteiger partial charge in [-0.3, -0.25) is 4.79 Å². The number of amides is 1. The first kappa shape index (κ1) is 17.0. The SMILES string of the molecule is Cc1cc(NC(=O)c2ccc(OCC3CCCO3)cc2)ccc1Br. The second-order valence-corrected chi connectivity index (χ2v) is 6.74. The Morgan fingerprint density at radius 1 is 1.29 bits per heavy atom. The van der Waals surface area contributed by atoms with Crippen molar-refractivity contribution in [1.82, 2.24) is 0 Å². The molecule has 2 aromatic rings. The molecule has 24 heavy (non-hydrogen) atoms. The average molecular weight is 390 g/mol. The molecule has 126 valence electrons. The van der Waals surface area contributed by atoms with E-state index in [0.29, 0.717) is 12.2 Å². The Labute approximate surface area is 150 Å². The highest BCUT2D eigenvalue weighted by Crippen LogP contribution is 2.21. The summed E-state index contributed by atoms with van der Waals surface area (Å²) in [6.07, 6.45) is 2.34. The van der Waals surface area contributed by atoms with Crippen LogP contribution in [-0.2, 0) is 4.74 Å². The summed E-state index contributed by atoms with van der Waals surface area (Å²) in [5.41, 5.74) is 2.45. The average Bonchev–Trinajstić information content (AvgIpc) is 3.10. The minimum atomic E-state index is -0.137. The number of hydrogen-bond acceptors (Lipinski definition) is 3. The van der Waals surface area contributed by atoms with Gasteiger partial charge in [0.25, 0.3) is 5.91 Å². The molecule has 1 aliphatic heterocycles. The van der Waals surface area contributed by atoms with Crippen molar-refractivity contribution in [2.45, 2.75) is 25.9 Å². The van der Waals surface area contributed by atoms with Crippen molar-refractivity contribution < 1.29 is 14.3 Å². The fourth-order valence-electron chi connectivity index (χ4n) is 2.59. The smallest absolute Gasteiger partial charge is 0.255 e. The van der Waals surface area contributed by atoms with Crippen LogP contribution in [0.1, 0.15) is 28.8 Å². The third kappa shape index (κ3) is 4.36. The van der Waals surface area contributed by atoms with E-state index < -0.39 is 0 Å². The molecule has 0 bridgehead atoms. The molecule has 0 radical (unpaired) electrons. The fourth-order valence-corrected chi connectivity index (χ4v) is 2.84. The molecule has 4 nitrogen and oxygen atoms in total. The lowest BCUT2D eigenvalue weighted by atomic mass is 10.2. The molecule has 1 heterocycles. The van der Waals surface area contributed by atoms with E-state index in [1.807, 2.05) is 37.3 Å². The van der Waals surface area contributed by atoms with Crippen LogP contribution in [0.4, 0.5) is 5.69 Å². The summed E-state index contributed by atoms with van der Waals surface area (Å²) in [4.78, 5) is 12.3. The molecule has 5 heteroatoms. The lowest BCUT2D eigenvalue weighted by Gasteiger charge is -2.12. The summed E-state index contributed by atoms with van der Waals surface area (Å²) in [6, 6.07) is 12.9. The molecule has 0 aromatic heterocycles. The van der Waals surface area contributed by atoms with Crippen molar-refractivity contribution in [3.63, 3.8) is 0 Å². The molecule has 3 rings (SSSR count). The maximum absolute atomic E-state index is 12.3. The number of ether oxygens (including phenoxy) is 2.